The van der Waals surface area contributed by atoms with Gasteiger partial charge in [-0.05, 0) is 81.8 Å². The molecule has 0 unspecified atom stereocenters. The van der Waals surface area contributed by atoms with E-state index in [4.69, 9.17) is 19.9 Å². The Hall–Kier alpha value is -5.52. The van der Waals surface area contributed by atoms with Crippen molar-refractivity contribution in [3.63, 3.8) is 0 Å². The first-order valence-corrected chi connectivity index (χ1v) is 27.4. The molecule has 2 aromatic carbocycles. The van der Waals surface area contributed by atoms with Crippen molar-refractivity contribution in [2.75, 3.05) is 0 Å². The fourth-order valence-electron chi connectivity index (χ4n) is 10.1. The molecular weight excluding hydrogens is 833 g/mol. The Balaban J connectivity index is 0.00000700. The number of benzene rings is 2. The zero-order valence-electron chi connectivity index (χ0n) is 40.4. The van der Waals surface area contributed by atoms with Crippen LogP contribution in [-0.4, -0.2) is 49.2 Å². The molecule has 0 saturated carbocycles. The second-order valence-corrected chi connectivity index (χ2v) is 30.0. The minimum atomic E-state index is -2.15. The molecule has 0 atom stereocenters. The number of fused-ring (bicyclic) bond motifs is 8. The summed E-state index contributed by atoms with van der Waals surface area (Å²) in [5.41, 5.74) is 21.6. The molecule has 4 nitrogen and oxygen atoms in total. The number of rotatable bonds is 6. The van der Waals surface area contributed by atoms with Gasteiger partial charge in [0.15, 0.2) is 0 Å². The maximum Gasteiger partial charge on any atom is 2.00 e. The Morgan fingerprint density at radius 2 is 0.615 bits per heavy atom. The maximum absolute atomic E-state index is 5.43. The summed E-state index contributed by atoms with van der Waals surface area (Å²) < 4.78 is 0. The van der Waals surface area contributed by atoms with Crippen molar-refractivity contribution in [1.29, 1.82) is 0 Å². The van der Waals surface area contributed by atoms with Gasteiger partial charge < -0.3 is 9.97 Å². The standard InChI is InChI=1S/C58H60N4Si2.Mg/c1-39(2)63(40(3)4,41(5)6)37-35-49-55-31-29-53(60-55)47(25-23-45-19-15-13-16-20-45)51-27-28-52(59-51)48(26-24-46-21-17-14-18-22-46)54-30-32-56(61-54)50(58-34-33-57(49)62-58)36-38-64(42(7)8,43(9)10)44(11)12;/h13-22,27-34,39-44H,1-12H3;/q-2;+2. The van der Waals surface area contributed by atoms with Gasteiger partial charge in [-0.25, -0.2) is 9.97 Å². The van der Waals surface area contributed by atoms with Crippen LogP contribution in [0, 0.1) is 46.6 Å². The van der Waals surface area contributed by atoms with Gasteiger partial charge in [-0.3, -0.25) is 0 Å². The molecule has 0 radical (unpaired) electrons. The summed E-state index contributed by atoms with van der Waals surface area (Å²) in [5, 5.41) is 0. The smallest absolute Gasteiger partial charge is 0.656 e. The van der Waals surface area contributed by atoms with E-state index in [1.807, 2.05) is 84.9 Å². The molecule has 3 aromatic heterocycles. The number of hydrogen-bond acceptors (Lipinski definition) is 2. The van der Waals surface area contributed by atoms with E-state index in [-0.39, 0.29) is 23.1 Å². The van der Waals surface area contributed by atoms with Crippen LogP contribution in [0.3, 0.4) is 0 Å². The first-order valence-electron chi connectivity index (χ1n) is 22.9. The van der Waals surface area contributed by atoms with Crippen LogP contribution in [0.15, 0.2) is 84.9 Å². The fourth-order valence-corrected chi connectivity index (χ4v) is 20.5. The van der Waals surface area contributed by atoms with Crippen molar-refractivity contribution in [3.05, 3.63) is 141 Å². The van der Waals surface area contributed by atoms with Gasteiger partial charge in [-0.15, -0.1) is 33.2 Å². The van der Waals surface area contributed by atoms with Crippen molar-refractivity contribution in [1.82, 2.24) is 19.9 Å². The van der Waals surface area contributed by atoms with Gasteiger partial charge in [0.2, 0.25) is 0 Å². The topological polar surface area (TPSA) is 54.0 Å². The van der Waals surface area contributed by atoms with Crippen molar-refractivity contribution in [2.45, 2.75) is 116 Å². The zero-order valence-corrected chi connectivity index (χ0v) is 43.8. The largest absolute Gasteiger partial charge is 2.00 e. The van der Waals surface area contributed by atoms with E-state index >= 15 is 0 Å². The summed E-state index contributed by atoms with van der Waals surface area (Å²) in [6.45, 7) is 28.2. The van der Waals surface area contributed by atoms with Gasteiger partial charge in [0.05, 0.1) is 22.8 Å². The van der Waals surface area contributed by atoms with E-state index in [1.54, 1.807) is 0 Å². The third-order valence-corrected chi connectivity index (χ3v) is 25.9. The van der Waals surface area contributed by atoms with Crippen LogP contribution in [0.2, 0.25) is 33.2 Å². The summed E-state index contributed by atoms with van der Waals surface area (Å²) in [6.07, 6.45) is 8.22. The molecule has 0 saturated heterocycles. The predicted octanol–water partition coefficient (Wildman–Crippen LogP) is 13.5. The van der Waals surface area contributed by atoms with E-state index < -0.39 is 16.1 Å². The minimum absolute atomic E-state index is 0. The van der Waals surface area contributed by atoms with Crippen molar-refractivity contribution >= 4 is 85.6 Å². The normalized spacial score (nSPS) is 12.1. The first-order chi connectivity index (χ1) is 30.6. The summed E-state index contributed by atoms with van der Waals surface area (Å²) in [6, 6.07) is 28.3. The molecule has 0 aliphatic carbocycles. The first kappa shape index (κ1) is 48.9. The molecule has 2 aliphatic heterocycles. The zero-order chi connectivity index (χ0) is 45.8. The molecule has 5 aromatic rings. The van der Waals surface area contributed by atoms with Crippen LogP contribution in [0.25, 0.3) is 46.4 Å². The molecule has 0 amide bonds. The molecule has 7 rings (SSSR count). The molecule has 322 valence electrons. The molecule has 5 heterocycles. The van der Waals surface area contributed by atoms with Gasteiger partial charge in [-0.1, -0.05) is 179 Å². The van der Waals surface area contributed by atoms with E-state index in [0.29, 0.717) is 44.6 Å². The molecule has 0 fully saturated rings. The number of nitrogens with zero attached hydrogens (tertiary/aromatic N) is 4. The van der Waals surface area contributed by atoms with Gasteiger partial charge in [0.1, 0.15) is 16.1 Å². The Labute approximate surface area is 406 Å². The summed E-state index contributed by atoms with van der Waals surface area (Å²) in [4.78, 5) is 21.4. The Morgan fingerprint density at radius 3 is 0.877 bits per heavy atom. The molecular formula is C58H60MgN4Si2. The number of aromatic nitrogens is 4. The maximum atomic E-state index is 5.43. The third kappa shape index (κ3) is 10.0. The average molecular weight is 894 g/mol. The van der Waals surface area contributed by atoms with Crippen LogP contribution in [0.4, 0.5) is 0 Å². The number of hydrogen-bond donors (Lipinski definition) is 0. The SMILES string of the molecule is CC(C)[Si](C#Cc1c2nc(c(C#C[Si](C(C)C)(C(C)C)C(C)C)c3ccc([n-]3)c(C#Cc3ccccc3)c3nc(c(C#Cc4ccccc4)c4ccc1[n-]4)C=C3)C=C2)(C(C)C)C(C)C.[Mg+2]. The quantitative estimate of drug-likeness (QED) is 0.123. The molecule has 0 N–H and O–H groups in total. The molecule has 0 spiro atoms. The minimum Gasteiger partial charge on any atom is -0.656 e. The van der Waals surface area contributed by atoms with Crippen molar-refractivity contribution in [3.8, 4) is 46.6 Å². The van der Waals surface area contributed by atoms with E-state index in [2.05, 4.69) is 154 Å². The second-order valence-electron chi connectivity index (χ2n) is 18.9. The molecule has 7 heteroatoms. The van der Waals surface area contributed by atoms with Gasteiger partial charge in [-0.2, -0.15) is 0 Å². The monoisotopic (exact) mass is 892 g/mol. The van der Waals surface area contributed by atoms with Crippen LogP contribution in [-0.2, 0) is 0 Å². The van der Waals surface area contributed by atoms with Crippen LogP contribution in [0.1, 0.15) is 139 Å². The van der Waals surface area contributed by atoms with E-state index in [1.165, 1.54) is 0 Å². The van der Waals surface area contributed by atoms with Crippen LogP contribution in [0.5, 0.6) is 0 Å². The third-order valence-electron chi connectivity index (χ3n) is 13.4. The summed E-state index contributed by atoms with van der Waals surface area (Å²) in [5.74, 6) is 21.4. The average Bonchev–Trinajstić information content (AvgIpc) is 4.11. The Kier molecular flexibility index (Phi) is 15.6. The van der Waals surface area contributed by atoms with Gasteiger partial charge in [0.25, 0.3) is 0 Å². The second kappa shape index (κ2) is 20.8. The predicted molar refractivity (Wildman–Crippen MR) is 283 cm³/mol. The van der Waals surface area contributed by atoms with E-state index in [0.717, 1.165) is 66.8 Å². The van der Waals surface area contributed by atoms with Crippen molar-refractivity contribution < 1.29 is 0 Å². The Morgan fingerprint density at radius 1 is 0.354 bits per heavy atom. The fraction of sp³-hybridized carbons (Fsp3) is 0.310. The van der Waals surface area contributed by atoms with Crippen LogP contribution >= 0.6 is 0 Å². The van der Waals surface area contributed by atoms with Crippen molar-refractivity contribution in [2.24, 2.45) is 0 Å². The molecule has 2 aliphatic rings. The molecule has 8 bridgehead atoms. The summed E-state index contributed by atoms with van der Waals surface area (Å²) >= 11 is 0. The Bertz CT molecular complexity index is 2800. The molecule has 65 heavy (non-hydrogen) atoms. The van der Waals surface area contributed by atoms with Crippen LogP contribution < -0.4 is 9.97 Å². The van der Waals surface area contributed by atoms with Gasteiger partial charge >= 0.3 is 23.1 Å². The van der Waals surface area contributed by atoms with Gasteiger partial charge in [0, 0.05) is 33.4 Å². The summed E-state index contributed by atoms with van der Waals surface area (Å²) in [7, 11) is -4.29. The van der Waals surface area contributed by atoms with E-state index in [9.17, 15) is 0 Å².